The molecule has 0 aromatic rings. The Labute approximate surface area is 91.0 Å². The van der Waals surface area contributed by atoms with Crippen molar-refractivity contribution in [3.8, 4) is 0 Å². The number of aliphatic carboxylic acids is 1. The van der Waals surface area contributed by atoms with Crippen molar-refractivity contribution in [2.45, 2.75) is 38.6 Å². The maximum Gasteiger partial charge on any atom is 0.323 e. The van der Waals surface area contributed by atoms with Crippen molar-refractivity contribution in [3.05, 3.63) is 0 Å². The van der Waals surface area contributed by atoms with Crippen molar-refractivity contribution >= 4 is 5.97 Å². The number of hydrogen-bond donors (Lipinski definition) is 2. The standard InChI is InChI=1S/C11H21NO3/c1-3-11(4-2,10(13)14)12-7-9-5-6-15-8-9/h9,12H,3-8H2,1-2H3,(H,13,14). The second kappa shape index (κ2) is 5.47. The van der Waals surface area contributed by atoms with E-state index in [1.807, 2.05) is 13.8 Å². The molecule has 0 spiro atoms. The van der Waals surface area contributed by atoms with Gasteiger partial charge in [-0.25, -0.2) is 0 Å². The fourth-order valence-corrected chi connectivity index (χ4v) is 1.96. The lowest BCUT2D eigenvalue weighted by atomic mass is 9.92. The molecule has 2 N–H and O–H groups in total. The first-order chi connectivity index (χ1) is 7.14. The van der Waals surface area contributed by atoms with Gasteiger partial charge in [0.15, 0.2) is 0 Å². The summed E-state index contributed by atoms with van der Waals surface area (Å²) in [5, 5.41) is 12.4. The van der Waals surface area contributed by atoms with Gasteiger partial charge in [0, 0.05) is 13.2 Å². The lowest BCUT2D eigenvalue weighted by Crippen LogP contribution is -2.52. The van der Waals surface area contributed by atoms with E-state index in [9.17, 15) is 9.90 Å². The van der Waals surface area contributed by atoms with E-state index in [1.165, 1.54) is 0 Å². The fraction of sp³-hybridized carbons (Fsp3) is 0.909. The topological polar surface area (TPSA) is 58.6 Å². The van der Waals surface area contributed by atoms with Crippen LogP contribution in [0, 0.1) is 5.92 Å². The van der Waals surface area contributed by atoms with Gasteiger partial charge in [-0.2, -0.15) is 0 Å². The Morgan fingerprint density at radius 3 is 2.60 bits per heavy atom. The summed E-state index contributed by atoms with van der Waals surface area (Å²) in [4.78, 5) is 11.2. The van der Waals surface area contributed by atoms with E-state index >= 15 is 0 Å². The molecule has 1 saturated heterocycles. The largest absolute Gasteiger partial charge is 0.480 e. The average Bonchev–Trinajstić information content (AvgIpc) is 2.72. The van der Waals surface area contributed by atoms with Crippen molar-refractivity contribution in [3.63, 3.8) is 0 Å². The van der Waals surface area contributed by atoms with Gasteiger partial charge in [-0.1, -0.05) is 13.8 Å². The lowest BCUT2D eigenvalue weighted by molar-refractivity contribution is -0.145. The summed E-state index contributed by atoms with van der Waals surface area (Å²) in [6.07, 6.45) is 2.27. The van der Waals surface area contributed by atoms with E-state index in [2.05, 4.69) is 5.32 Å². The third-order valence-corrected chi connectivity index (χ3v) is 3.37. The molecule has 0 aromatic heterocycles. The maximum atomic E-state index is 11.2. The van der Waals surface area contributed by atoms with Crippen molar-refractivity contribution < 1.29 is 14.6 Å². The molecule has 4 heteroatoms. The Kier molecular flexibility index (Phi) is 4.54. The van der Waals surface area contributed by atoms with Gasteiger partial charge in [-0.05, 0) is 25.2 Å². The van der Waals surface area contributed by atoms with Gasteiger partial charge in [0.05, 0.1) is 6.61 Å². The van der Waals surface area contributed by atoms with E-state index in [0.29, 0.717) is 18.8 Å². The van der Waals surface area contributed by atoms with Crippen molar-refractivity contribution in [1.82, 2.24) is 5.32 Å². The molecule has 4 nitrogen and oxygen atoms in total. The average molecular weight is 215 g/mol. The van der Waals surface area contributed by atoms with Gasteiger partial charge in [0.1, 0.15) is 5.54 Å². The second-order valence-electron chi connectivity index (χ2n) is 4.20. The van der Waals surface area contributed by atoms with Crippen molar-refractivity contribution in [1.29, 1.82) is 0 Å². The zero-order chi connectivity index (χ0) is 11.3. The minimum Gasteiger partial charge on any atom is -0.480 e. The summed E-state index contributed by atoms with van der Waals surface area (Å²) in [5.74, 6) is -0.270. The normalized spacial score (nSPS) is 21.9. The minimum atomic E-state index is -0.747. The number of rotatable bonds is 6. The first-order valence-electron chi connectivity index (χ1n) is 5.70. The van der Waals surface area contributed by atoms with Gasteiger partial charge in [-0.15, -0.1) is 0 Å². The van der Waals surface area contributed by atoms with Crippen LogP contribution in [0.3, 0.4) is 0 Å². The van der Waals surface area contributed by atoms with Gasteiger partial charge < -0.3 is 15.2 Å². The fourth-order valence-electron chi connectivity index (χ4n) is 1.96. The monoisotopic (exact) mass is 215 g/mol. The smallest absolute Gasteiger partial charge is 0.323 e. The molecule has 1 fully saturated rings. The highest BCUT2D eigenvalue weighted by atomic mass is 16.5. The Hall–Kier alpha value is -0.610. The zero-order valence-electron chi connectivity index (χ0n) is 9.58. The summed E-state index contributed by atoms with van der Waals surface area (Å²) in [6.45, 7) is 6.14. The van der Waals surface area contributed by atoms with E-state index in [1.54, 1.807) is 0 Å². The summed E-state index contributed by atoms with van der Waals surface area (Å²) in [7, 11) is 0. The molecule has 1 aliphatic rings. The highest BCUT2D eigenvalue weighted by Crippen LogP contribution is 2.18. The number of carbonyl (C=O) groups is 1. The van der Waals surface area contributed by atoms with Crippen LogP contribution in [0.25, 0.3) is 0 Å². The second-order valence-corrected chi connectivity index (χ2v) is 4.20. The molecule has 0 saturated carbocycles. The Balaban J connectivity index is 2.46. The van der Waals surface area contributed by atoms with E-state index in [0.717, 1.165) is 26.2 Å². The lowest BCUT2D eigenvalue weighted by Gasteiger charge is -2.29. The first kappa shape index (κ1) is 12.5. The van der Waals surface area contributed by atoms with Gasteiger partial charge in [0.25, 0.3) is 0 Å². The maximum absolute atomic E-state index is 11.2. The SMILES string of the molecule is CCC(CC)(NCC1CCOC1)C(=O)O. The predicted molar refractivity (Wildman–Crippen MR) is 57.9 cm³/mol. The van der Waals surface area contributed by atoms with Crippen molar-refractivity contribution in [2.75, 3.05) is 19.8 Å². The number of nitrogens with one attached hydrogen (secondary N) is 1. The van der Waals surface area contributed by atoms with Crippen LogP contribution >= 0.6 is 0 Å². The van der Waals surface area contributed by atoms with Crippen LogP contribution < -0.4 is 5.32 Å². The molecule has 15 heavy (non-hydrogen) atoms. The van der Waals surface area contributed by atoms with E-state index in [4.69, 9.17) is 4.74 Å². The summed E-state index contributed by atoms with van der Waals surface area (Å²) >= 11 is 0. The number of ether oxygens (including phenoxy) is 1. The highest BCUT2D eigenvalue weighted by molar-refractivity contribution is 5.78. The molecule has 0 radical (unpaired) electrons. The van der Waals surface area contributed by atoms with Crippen LogP contribution in [0.2, 0.25) is 0 Å². The minimum absolute atomic E-state index is 0.474. The van der Waals surface area contributed by atoms with Gasteiger partial charge >= 0.3 is 5.97 Å². The summed E-state index contributed by atoms with van der Waals surface area (Å²) in [6, 6.07) is 0. The molecular formula is C11H21NO3. The third-order valence-electron chi connectivity index (χ3n) is 3.37. The molecule has 88 valence electrons. The Morgan fingerprint density at radius 2 is 2.20 bits per heavy atom. The predicted octanol–water partition coefficient (Wildman–Crippen LogP) is 1.26. The molecule has 1 unspecified atom stereocenters. The van der Waals surface area contributed by atoms with E-state index in [-0.39, 0.29) is 0 Å². The number of carboxylic acids is 1. The van der Waals surface area contributed by atoms with Crippen LogP contribution in [0.1, 0.15) is 33.1 Å². The van der Waals surface area contributed by atoms with Gasteiger partial charge in [0.2, 0.25) is 0 Å². The van der Waals surface area contributed by atoms with Crippen LogP contribution in [0.4, 0.5) is 0 Å². The molecular weight excluding hydrogens is 194 g/mol. The third kappa shape index (κ3) is 2.92. The van der Waals surface area contributed by atoms with Crippen LogP contribution in [-0.4, -0.2) is 36.4 Å². The van der Waals surface area contributed by atoms with Crippen molar-refractivity contribution in [2.24, 2.45) is 5.92 Å². The number of hydrogen-bond acceptors (Lipinski definition) is 3. The molecule has 1 heterocycles. The molecule has 1 aliphatic heterocycles. The van der Waals surface area contributed by atoms with E-state index < -0.39 is 11.5 Å². The number of carboxylic acid groups (broad SMARTS) is 1. The van der Waals surface area contributed by atoms with Crippen LogP contribution in [0.5, 0.6) is 0 Å². The zero-order valence-corrected chi connectivity index (χ0v) is 9.58. The summed E-state index contributed by atoms with van der Waals surface area (Å²) in [5.41, 5.74) is -0.747. The Bertz CT molecular complexity index is 208. The van der Waals surface area contributed by atoms with Crippen LogP contribution in [-0.2, 0) is 9.53 Å². The van der Waals surface area contributed by atoms with Gasteiger partial charge in [-0.3, -0.25) is 4.79 Å². The molecule has 1 atom stereocenters. The molecule has 1 rings (SSSR count). The Morgan fingerprint density at radius 1 is 1.53 bits per heavy atom. The quantitative estimate of drug-likeness (QED) is 0.700. The molecule has 0 aliphatic carbocycles. The highest BCUT2D eigenvalue weighted by Gasteiger charge is 2.34. The van der Waals surface area contributed by atoms with Crippen LogP contribution in [0.15, 0.2) is 0 Å². The molecule has 0 bridgehead atoms. The first-order valence-corrected chi connectivity index (χ1v) is 5.70. The molecule has 0 amide bonds. The summed E-state index contributed by atoms with van der Waals surface area (Å²) < 4.78 is 5.26. The molecule has 0 aromatic carbocycles.